The summed E-state index contributed by atoms with van der Waals surface area (Å²) in [5.41, 5.74) is 0.426. The summed E-state index contributed by atoms with van der Waals surface area (Å²) in [7, 11) is -1.22. The molecule has 0 saturated heterocycles. The smallest absolute Gasteiger partial charge is 0.333 e. The monoisotopic (exact) mass is 492 g/mol. The van der Waals surface area contributed by atoms with Crippen molar-refractivity contribution in [2.45, 2.75) is 129 Å². The summed E-state index contributed by atoms with van der Waals surface area (Å²) in [6.45, 7) is 13.1. The van der Waals surface area contributed by atoms with Crippen LogP contribution in [-0.2, 0) is 9.53 Å². The number of carbonyl (C=O) groups excluding carboxylic acids is 1. The van der Waals surface area contributed by atoms with Gasteiger partial charge in [-0.15, -0.1) is 0 Å². The van der Waals surface area contributed by atoms with E-state index in [2.05, 4.69) is 26.6 Å². The minimum absolute atomic E-state index is 0.0604. The maximum atomic E-state index is 11.6. The number of ether oxygens (including phenoxy) is 1. The number of hydrogen-bond donors (Lipinski definition) is 1. The van der Waals surface area contributed by atoms with Crippen molar-refractivity contribution in [3.05, 3.63) is 12.2 Å². The van der Waals surface area contributed by atoms with Crippen molar-refractivity contribution >= 4 is 14.0 Å². The lowest BCUT2D eigenvalue weighted by molar-refractivity contribution is -0.140. The molecule has 0 aromatic heterocycles. The Kier molecular flexibility index (Phi) is 13.5. The van der Waals surface area contributed by atoms with Gasteiger partial charge in [-0.1, -0.05) is 96.5 Å². The van der Waals surface area contributed by atoms with Crippen molar-refractivity contribution in [3.8, 4) is 0 Å². The van der Waals surface area contributed by atoms with Gasteiger partial charge in [0, 0.05) is 26.2 Å². The minimum atomic E-state index is -1.22. The third-order valence-electron chi connectivity index (χ3n) is 9.03. The Morgan fingerprint density at radius 1 is 0.971 bits per heavy atom. The molecule has 3 nitrogen and oxygen atoms in total. The van der Waals surface area contributed by atoms with Gasteiger partial charge in [0.15, 0.2) is 0 Å². The molecule has 0 bridgehead atoms. The molecule has 0 heterocycles. The highest BCUT2D eigenvalue weighted by molar-refractivity contribution is 6.77. The highest BCUT2D eigenvalue weighted by Crippen LogP contribution is 2.44. The summed E-state index contributed by atoms with van der Waals surface area (Å²) in [6, 6.07) is 2.79. The van der Waals surface area contributed by atoms with Gasteiger partial charge in [0.25, 0.3) is 0 Å². The van der Waals surface area contributed by atoms with Crippen LogP contribution in [0.4, 0.5) is 0 Å². The molecule has 1 unspecified atom stereocenters. The van der Waals surface area contributed by atoms with E-state index >= 15 is 0 Å². The first-order valence-corrected chi connectivity index (χ1v) is 18.1. The molecular formula is C30H56O3Si. The van der Waals surface area contributed by atoms with Gasteiger partial charge >= 0.3 is 5.97 Å². The van der Waals surface area contributed by atoms with Crippen LogP contribution in [0.1, 0.15) is 104 Å². The van der Waals surface area contributed by atoms with Gasteiger partial charge in [0.2, 0.25) is 0 Å². The third kappa shape index (κ3) is 11.0. The lowest BCUT2D eigenvalue weighted by Gasteiger charge is -2.39. The second kappa shape index (κ2) is 15.5. The zero-order valence-corrected chi connectivity index (χ0v) is 24.1. The second-order valence-corrected chi connectivity index (χ2v) is 18.0. The highest BCUT2D eigenvalue weighted by atomic mass is 28.3. The number of aliphatic hydroxyl groups excluding tert-OH is 1. The van der Waals surface area contributed by atoms with Crippen LogP contribution in [0.2, 0.25) is 25.2 Å². The molecule has 2 fully saturated rings. The summed E-state index contributed by atoms with van der Waals surface area (Å²) in [5.74, 6) is 3.75. The fourth-order valence-electron chi connectivity index (χ4n) is 6.79. The Labute approximate surface area is 212 Å². The molecule has 198 valence electrons. The van der Waals surface area contributed by atoms with E-state index in [1.807, 2.05) is 0 Å². The van der Waals surface area contributed by atoms with Gasteiger partial charge < -0.3 is 9.84 Å². The average Bonchev–Trinajstić information content (AvgIpc) is 2.82. The maximum absolute atomic E-state index is 11.6. The Hall–Kier alpha value is -0.613. The van der Waals surface area contributed by atoms with Crippen LogP contribution >= 0.6 is 0 Å². The quantitative estimate of drug-likeness (QED) is 0.108. The van der Waals surface area contributed by atoms with Crippen LogP contribution in [0, 0.1) is 29.6 Å². The van der Waals surface area contributed by atoms with Crippen LogP contribution in [0.3, 0.4) is 0 Å². The molecular weight excluding hydrogens is 436 g/mol. The van der Waals surface area contributed by atoms with E-state index in [1.54, 1.807) is 6.92 Å². The maximum Gasteiger partial charge on any atom is 0.333 e. The summed E-state index contributed by atoms with van der Waals surface area (Å²) < 4.78 is 5.26. The summed E-state index contributed by atoms with van der Waals surface area (Å²) in [4.78, 5) is 11.6. The molecule has 0 aromatic carbocycles. The van der Waals surface area contributed by atoms with Crippen molar-refractivity contribution in [1.82, 2.24) is 0 Å². The van der Waals surface area contributed by atoms with E-state index in [4.69, 9.17) is 4.74 Å². The zero-order chi connectivity index (χ0) is 25.0. The molecule has 2 rings (SSSR count). The lowest BCUT2D eigenvalue weighted by atomic mass is 9.69. The predicted octanol–water partition coefficient (Wildman–Crippen LogP) is 8.40. The number of esters is 1. The predicted molar refractivity (Wildman–Crippen MR) is 148 cm³/mol. The van der Waals surface area contributed by atoms with E-state index in [-0.39, 0.29) is 18.5 Å². The molecule has 0 spiro atoms. The van der Waals surface area contributed by atoms with Gasteiger partial charge in [-0.05, 0) is 62.7 Å². The minimum Gasteiger partial charge on any atom is -0.462 e. The van der Waals surface area contributed by atoms with Crippen molar-refractivity contribution in [2.75, 3.05) is 13.2 Å². The lowest BCUT2D eigenvalue weighted by Crippen LogP contribution is -2.32. The number of carbonyl (C=O) groups is 1. The van der Waals surface area contributed by atoms with Crippen LogP contribution in [-0.4, -0.2) is 32.4 Å². The summed E-state index contributed by atoms with van der Waals surface area (Å²) >= 11 is 0. The summed E-state index contributed by atoms with van der Waals surface area (Å²) in [6.07, 6.45) is 19.8. The SMILES string of the molecule is C=C(C)C(=O)OCC(CO)CCC[Si](C)(C)CC1CCC(C2CCC(CCCCC)CC2)CC1. The van der Waals surface area contributed by atoms with Crippen molar-refractivity contribution in [2.24, 2.45) is 29.6 Å². The van der Waals surface area contributed by atoms with Gasteiger partial charge in [0.05, 0.1) is 6.61 Å². The fourth-order valence-corrected chi connectivity index (χ4v) is 10.1. The third-order valence-corrected chi connectivity index (χ3v) is 12.4. The van der Waals surface area contributed by atoms with E-state index in [9.17, 15) is 9.90 Å². The number of aliphatic hydroxyl groups is 1. The molecule has 0 aliphatic heterocycles. The van der Waals surface area contributed by atoms with E-state index in [0.29, 0.717) is 12.2 Å². The largest absolute Gasteiger partial charge is 0.462 e. The van der Waals surface area contributed by atoms with Gasteiger partial charge in [-0.3, -0.25) is 0 Å². The van der Waals surface area contributed by atoms with Gasteiger partial charge in [-0.2, -0.15) is 0 Å². The molecule has 4 heteroatoms. The Morgan fingerprint density at radius 2 is 1.56 bits per heavy atom. The normalized spacial score (nSPS) is 26.7. The van der Waals surface area contributed by atoms with E-state index < -0.39 is 8.07 Å². The Bertz CT molecular complexity index is 586. The molecule has 1 atom stereocenters. The standard InChI is InChI=1S/C30H56O3Si/c1-6-7-8-10-25-12-16-28(17-13-25)29-18-14-26(15-19-29)23-34(4,5)20-9-11-27(21-31)22-33-30(32)24(2)3/h25-29,31H,2,6-23H2,1,3-5H3. The molecule has 0 aromatic rings. The topological polar surface area (TPSA) is 46.5 Å². The first-order chi connectivity index (χ1) is 16.2. The average molecular weight is 493 g/mol. The Morgan fingerprint density at radius 3 is 2.09 bits per heavy atom. The van der Waals surface area contributed by atoms with E-state index in [0.717, 1.165) is 36.5 Å². The van der Waals surface area contributed by atoms with Crippen LogP contribution in [0.25, 0.3) is 0 Å². The Balaban J connectivity index is 1.62. The fraction of sp³-hybridized carbons (Fsp3) is 0.900. The van der Waals surface area contributed by atoms with Crippen LogP contribution in [0.15, 0.2) is 12.2 Å². The first-order valence-electron chi connectivity index (χ1n) is 14.7. The molecule has 2 aliphatic rings. The molecule has 1 N–H and O–H groups in total. The van der Waals surface area contributed by atoms with Crippen LogP contribution in [0.5, 0.6) is 0 Å². The van der Waals surface area contributed by atoms with Crippen molar-refractivity contribution in [3.63, 3.8) is 0 Å². The van der Waals surface area contributed by atoms with Gasteiger partial charge in [-0.25, -0.2) is 4.79 Å². The zero-order valence-electron chi connectivity index (χ0n) is 23.1. The van der Waals surface area contributed by atoms with Gasteiger partial charge in [0.1, 0.15) is 0 Å². The number of hydrogen-bond acceptors (Lipinski definition) is 3. The first kappa shape index (κ1) is 29.6. The molecule has 34 heavy (non-hydrogen) atoms. The second-order valence-electron chi connectivity index (χ2n) is 12.7. The summed E-state index contributed by atoms with van der Waals surface area (Å²) in [5, 5.41) is 9.66. The van der Waals surface area contributed by atoms with Crippen LogP contribution < -0.4 is 0 Å². The number of rotatable bonds is 15. The molecule has 2 aliphatic carbocycles. The molecule has 0 radical (unpaired) electrons. The molecule has 0 amide bonds. The van der Waals surface area contributed by atoms with Crippen molar-refractivity contribution < 1.29 is 14.6 Å². The highest BCUT2D eigenvalue weighted by Gasteiger charge is 2.33. The number of unbranched alkanes of at least 4 members (excludes halogenated alkanes) is 2. The van der Waals surface area contributed by atoms with E-state index in [1.165, 1.54) is 89.1 Å². The van der Waals surface area contributed by atoms with Crippen molar-refractivity contribution in [1.29, 1.82) is 0 Å². The molecule has 2 saturated carbocycles.